The van der Waals surface area contributed by atoms with Crippen LogP contribution in [0.3, 0.4) is 0 Å². The zero-order chi connectivity index (χ0) is 16.9. The molecule has 0 aromatic carbocycles. The summed E-state index contributed by atoms with van der Waals surface area (Å²) >= 11 is 0. The van der Waals surface area contributed by atoms with Gasteiger partial charge in [0.15, 0.2) is 0 Å². The van der Waals surface area contributed by atoms with Gasteiger partial charge in [-0.15, -0.1) is 0 Å². The van der Waals surface area contributed by atoms with Crippen molar-refractivity contribution < 1.29 is 22.4 Å². The van der Waals surface area contributed by atoms with Crippen molar-refractivity contribution in [1.29, 1.82) is 0 Å². The second kappa shape index (κ2) is 5.06. The first-order valence-electron chi connectivity index (χ1n) is 7.22. The molecule has 0 aliphatic heterocycles. The van der Waals surface area contributed by atoms with E-state index in [2.05, 4.69) is 10.1 Å². The summed E-state index contributed by atoms with van der Waals surface area (Å²) in [6.45, 7) is 3.91. The van der Waals surface area contributed by atoms with Crippen molar-refractivity contribution >= 4 is 0 Å². The average Bonchev–Trinajstić information content (AvgIpc) is 2.95. The highest BCUT2D eigenvalue weighted by molar-refractivity contribution is 5.33. The first-order chi connectivity index (χ1) is 10.7. The molecule has 7 heteroatoms. The van der Waals surface area contributed by atoms with Crippen LogP contribution in [0.25, 0.3) is 0 Å². The highest BCUT2D eigenvalue weighted by Crippen LogP contribution is 2.47. The van der Waals surface area contributed by atoms with Crippen LogP contribution in [0.15, 0.2) is 28.9 Å². The highest BCUT2D eigenvalue weighted by atomic mass is 19.4. The van der Waals surface area contributed by atoms with Crippen molar-refractivity contribution in [3.8, 4) is 0 Å². The molecule has 0 fully saturated rings. The van der Waals surface area contributed by atoms with Gasteiger partial charge >= 0.3 is 6.18 Å². The molecule has 1 unspecified atom stereocenters. The molecule has 2 aromatic heterocycles. The number of hydrogen-bond acceptors (Lipinski definition) is 4. The summed E-state index contributed by atoms with van der Waals surface area (Å²) in [6, 6.07) is 3.90. The largest absolute Gasteiger partial charge is 0.433 e. The number of aromatic nitrogens is 2. The second-order valence-electron chi connectivity index (χ2n) is 6.52. The van der Waals surface area contributed by atoms with E-state index in [4.69, 9.17) is 9.26 Å². The first-order valence-corrected chi connectivity index (χ1v) is 7.22. The second-order valence-corrected chi connectivity index (χ2v) is 6.52. The third-order valence-corrected chi connectivity index (χ3v) is 4.36. The van der Waals surface area contributed by atoms with Gasteiger partial charge in [-0.25, -0.2) is 4.98 Å². The fraction of sp³-hybridized carbons (Fsp3) is 0.500. The lowest BCUT2D eigenvalue weighted by Crippen LogP contribution is -2.43. The van der Waals surface area contributed by atoms with Gasteiger partial charge in [0.25, 0.3) is 0 Å². The Kier molecular flexibility index (Phi) is 3.51. The van der Waals surface area contributed by atoms with Crippen molar-refractivity contribution in [2.45, 2.75) is 43.9 Å². The maximum atomic E-state index is 13.0. The lowest BCUT2D eigenvalue weighted by molar-refractivity contribution is -0.142. The van der Waals surface area contributed by atoms with Crippen LogP contribution in [-0.4, -0.2) is 17.3 Å². The molecule has 124 valence electrons. The number of methoxy groups -OCH3 is 1. The third kappa shape index (κ3) is 2.63. The van der Waals surface area contributed by atoms with Gasteiger partial charge in [-0.05, 0) is 18.6 Å². The average molecular weight is 326 g/mol. The number of alkyl halides is 3. The Morgan fingerprint density at radius 2 is 2.00 bits per heavy atom. The van der Waals surface area contributed by atoms with Crippen molar-refractivity contribution in [2.24, 2.45) is 0 Å². The minimum absolute atomic E-state index is 0.273. The van der Waals surface area contributed by atoms with Gasteiger partial charge in [-0.3, -0.25) is 0 Å². The topological polar surface area (TPSA) is 48.2 Å². The van der Waals surface area contributed by atoms with Crippen LogP contribution in [0.1, 0.15) is 43.0 Å². The molecule has 23 heavy (non-hydrogen) atoms. The predicted octanol–water partition coefficient (Wildman–Crippen LogP) is 3.85. The van der Waals surface area contributed by atoms with Crippen molar-refractivity contribution in [3.63, 3.8) is 0 Å². The number of pyridine rings is 1. The van der Waals surface area contributed by atoms with Gasteiger partial charge < -0.3 is 9.26 Å². The molecule has 0 saturated carbocycles. The molecule has 3 rings (SSSR count). The zero-order valence-corrected chi connectivity index (χ0v) is 13.1. The van der Waals surface area contributed by atoms with Crippen LogP contribution in [0, 0.1) is 0 Å². The number of fused-ring (bicyclic) bond motifs is 1. The van der Waals surface area contributed by atoms with Gasteiger partial charge in [-0.2, -0.15) is 13.2 Å². The minimum atomic E-state index is -4.49. The van der Waals surface area contributed by atoms with Crippen LogP contribution in [0.5, 0.6) is 0 Å². The zero-order valence-electron chi connectivity index (χ0n) is 13.1. The Labute approximate surface area is 131 Å². The van der Waals surface area contributed by atoms with E-state index in [-0.39, 0.29) is 5.69 Å². The van der Waals surface area contributed by atoms with Crippen LogP contribution in [0.2, 0.25) is 0 Å². The SMILES string of the molecule is COC1(c2cccc(C(F)(F)F)n2)Cc2cnoc2C(C)(C)C1. The molecule has 0 spiro atoms. The molecule has 1 aliphatic rings. The summed E-state index contributed by atoms with van der Waals surface area (Å²) in [5.74, 6) is 0.747. The number of rotatable bonds is 2. The normalized spacial score (nSPS) is 23.6. The summed E-state index contributed by atoms with van der Waals surface area (Å²) in [5, 5.41) is 3.82. The lowest BCUT2D eigenvalue weighted by Gasteiger charge is -2.42. The monoisotopic (exact) mass is 326 g/mol. The quantitative estimate of drug-likeness (QED) is 0.841. The standard InChI is InChI=1S/C16H17F3N2O2/c1-14(2)9-15(22-3,7-10-8-20-23-13(10)14)11-5-4-6-12(21-11)16(17,18)19/h4-6,8H,7,9H2,1-3H3. The van der Waals surface area contributed by atoms with Crippen LogP contribution >= 0.6 is 0 Å². The minimum Gasteiger partial charge on any atom is -0.372 e. The van der Waals surface area contributed by atoms with E-state index < -0.39 is 22.9 Å². The van der Waals surface area contributed by atoms with Gasteiger partial charge in [0.2, 0.25) is 0 Å². The molecule has 0 radical (unpaired) electrons. The molecule has 1 atom stereocenters. The summed E-state index contributed by atoms with van der Waals surface area (Å²) in [7, 11) is 1.50. The maximum Gasteiger partial charge on any atom is 0.433 e. The molecule has 2 aromatic rings. The Hall–Kier alpha value is -1.89. The van der Waals surface area contributed by atoms with E-state index >= 15 is 0 Å². The lowest BCUT2D eigenvalue weighted by atomic mass is 9.68. The summed E-state index contributed by atoms with van der Waals surface area (Å²) in [5.41, 5.74) is -1.17. The molecule has 0 N–H and O–H groups in total. The van der Waals surface area contributed by atoms with Crippen LogP contribution in [0.4, 0.5) is 13.2 Å². The molecular formula is C16H17F3N2O2. The molecule has 0 saturated heterocycles. The summed E-state index contributed by atoms with van der Waals surface area (Å²) in [4.78, 5) is 3.83. The summed E-state index contributed by atoms with van der Waals surface area (Å²) in [6.07, 6.45) is -2.07. The third-order valence-electron chi connectivity index (χ3n) is 4.36. The van der Waals surface area contributed by atoms with Crippen molar-refractivity contribution in [2.75, 3.05) is 7.11 Å². The number of halogens is 3. The Morgan fingerprint density at radius 1 is 1.26 bits per heavy atom. The van der Waals surface area contributed by atoms with Crippen LogP contribution in [-0.2, 0) is 28.4 Å². The Bertz CT molecular complexity index is 724. The number of nitrogens with zero attached hydrogens (tertiary/aromatic N) is 2. The fourth-order valence-electron chi connectivity index (χ4n) is 3.38. The van der Waals surface area contributed by atoms with E-state index in [0.29, 0.717) is 12.8 Å². The Balaban J connectivity index is 2.10. The van der Waals surface area contributed by atoms with E-state index in [1.807, 2.05) is 13.8 Å². The van der Waals surface area contributed by atoms with Crippen molar-refractivity contribution in [3.05, 3.63) is 47.1 Å². The van der Waals surface area contributed by atoms with Crippen molar-refractivity contribution in [1.82, 2.24) is 10.1 Å². The first kappa shape index (κ1) is 16.0. The fourth-order valence-corrected chi connectivity index (χ4v) is 3.38. The number of ether oxygens (including phenoxy) is 1. The molecule has 4 nitrogen and oxygen atoms in total. The Morgan fingerprint density at radius 3 is 2.65 bits per heavy atom. The van der Waals surface area contributed by atoms with Crippen LogP contribution < -0.4 is 0 Å². The predicted molar refractivity (Wildman–Crippen MR) is 75.8 cm³/mol. The number of hydrogen-bond donors (Lipinski definition) is 0. The van der Waals surface area contributed by atoms with Gasteiger partial charge in [0.1, 0.15) is 17.1 Å². The van der Waals surface area contributed by atoms with E-state index in [1.165, 1.54) is 13.2 Å². The summed E-state index contributed by atoms with van der Waals surface area (Å²) < 4.78 is 49.9. The molecule has 0 amide bonds. The van der Waals surface area contributed by atoms with E-state index in [1.54, 1.807) is 12.3 Å². The molecular weight excluding hydrogens is 309 g/mol. The van der Waals surface area contributed by atoms with Gasteiger partial charge in [0.05, 0.1) is 11.9 Å². The van der Waals surface area contributed by atoms with Gasteiger partial charge in [0, 0.05) is 24.5 Å². The van der Waals surface area contributed by atoms with E-state index in [0.717, 1.165) is 17.4 Å². The van der Waals surface area contributed by atoms with E-state index in [9.17, 15) is 13.2 Å². The molecule has 0 bridgehead atoms. The maximum absolute atomic E-state index is 13.0. The highest BCUT2D eigenvalue weighted by Gasteiger charge is 2.48. The smallest absolute Gasteiger partial charge is 0.372 e. The molecule has 2 heterocycles. The molecule has 1 aliphatic carbocycles. The van der Waals surface area contributed by atoms with Gasteiger partial charge in [-0.1, -0.05) is 25.1 Å².